The molecule has 2 aromatic rings. The van der Waals surface area contributed by atoms with Gasteiger partial charge < -0.3 is 10.6 Å². The predicted molar refractivity (Wildman–Crippen MR) is 96.1 cm³/mol. The predicted octanol–water partition coefficient (Wildman–Crippen LogP) is 2.51. The largest absolute Gasteiger partial charge is 0.354 e. The Bertz CT molecular complexity index is 656. The van der Waals surface area contributed by atoms with E-state index in [0.29, 0.717) is 12.6 Å². The average Bonchev–Trinajstić information content (AvgIpc) is 3.15. The molecule has 3 rings (SSSR count). The van der Waals surface area contributed by atoms with Gasteiger partial charge in [0.1, 0.15) is 0 Å². The van der Waals surface area contributed by atoms with Gasteiger partial charge in [-0.25, -0.2) is 9.67 Å². The minimum atomic E-state index is 0.532. The molecular weight excluding hydrogens is 300 g/mol. The minimum absolute atomic E-state index is 0.532. The van der Waals surface area contributed by atoms with E-state index in [4.69, 9.17) is 0 Å². The lowest BCUT2D eigenvalue weighted by molar-refractivity contribution is 0.329. The first kappa shape index (κ1) is 16.5. The van der Waals surface area contributed by atoms with Crippen molar-refractivity contribution in [3.63, 3.8) is 0 Å². The van der Waals surface area contributed by atoms with Crippen molar-refractivity contribution in [1.82, 2.24) is 25.4 Å². The van der Waals surface area contributed by atoms with E-state index in [0.717, 1.165) is 23.3 Å². The summed E-state index contributed by atoms with van der Waals surface area (Å²) in [5, 5.41) is 11.2. The number of nitrogens with zero attached hydrogens (tertiary/aromatic N) is 4. The highest BCUT2D eigenvalue weighted by molar-refractivity contribution is 5.79. The lowest BCUT2D eigenvalue weighted by Crippen LogP contribution is -2.44. The molecule has 1 saturated carbocycles. The molecule has 0 bridgehead atoms. The Hall–Kier alpha value is -2.37. The molecule has 0 atom stereocenters. The Morgan fingerprint density at radius 1 is 1.29 bits per heavy atom. The van der Waals surface area contributed by atoms with Gasteiger partial charge >= 0.3 is 0 Å². The Balaban J connectivity index is 1.55. The molecule has 0 spiro atoms. The summed E-state index contributed by atoms with van der Waals surface area (Å²) in [6, 6.07) is 6.47. The lowest BCUT2D eigenvalue weighted by Gasteiger charge is -2.28. The Labute approximate surface area is 143 Å². The third-order valence-corrected chi connectivity index (χ3v) is 4.59. The summed E-state index contributed by atoms with van der Waals surface area (Å²) >= 11 is 0. The average molecular weight is 326 g/mol. The number of guanidine groups is 1. The Morgan fingerprint density at radius 2 is 2.12 bits per heavy atom. The fourth-order valence-electron chi connectivity index (χ4n) is 3.08. The molecule has 6 heteroatoms. The molecule has 1 aliphatic carbocycles. The van der Waals surface area contributed by atoms with Crippen LogP contribution in [0.15, 0.2) is 41.8 Å². The summed E-state index contributed by atoms with van der Waals surface area (Å²) in [6.45, 7) is 3.05. The van der Waals surface area contributed by atoms with Gasteiger partial charge in [0.05, 0.1) is 0 Å². The highest BCUT2D eigenvalue weighted by Gasteiger charge is 2.18. The molecule has 0 radical (unpaired) electrons. The van der Waals surface area contributed by atoms with Crippen LogP contribution in [-0.4, -0.2) is 33.8 Å². The second kappa shape index (κ2) is 7.95. The molecule has 0 amide bonds. The summed E-state index contributed by atoms with van der Waals surface area (Å²) in [7, 11) is 1.82. The topological polar surface area (TPSA) is 67.1 Å². The van der Waals surface area contributed by atoms with E-state index in [1.165, 1.54) is 25.7 Å². The van der Waals surface area contributed by atoms with Crippen LogP contribution in [0.4, 0.5) is 0 Å². The van der Waals surface area contributed by atoms with Gasteiger partial charge in [-0.1, -0.05) is 6.92 Å². The van der Waals surface area contributed by atoms with Crippen LogP contribution in [0.3, 0.4) is 0 Å². The first-order valence-corrected chi connectivity index (χ1v) is 8.66. The van der Waals surface area contributed by atoms with Crippen LogP contribution in [0, 0.1) is 5.92 Å². The summed E-state index contributed by atoms with van der Waals surface area (Å²) in [4.78, 5) is 8.71. The van der Waals surface area contributed by atoms with E-state index < -0.39 is 0 Å². The molecule has 2 aromatic heterocycles. The number of hydrogen-bond donors (Lipinski definition) is 2. The van der Waals surface area contributed by atoms with Crippen LogP contribution in [-0.2, 0) is 6.54 Å². The fourth-order valence-corrected chi connectivity index (χ4v) is 3.08. The van der Waals surface area contributed by atoms with Crippen molar-refractivity contribution in [3.05, 3.63) is 42.4 Å². The minimum Gasteiger partial charge on any atom is -0.354 e. The quantitative estimate of drug-likeness (QED) is 0.669. The van der Waals surface area contributed by atoms with Crippen LogP contribution in [0.2, 0.25) is 0 Å². The normalized spacial score (nSPS) is 21.5. The van der Waals surface area contributed by atoms with Crippen LogP contribution < -0.4 is 10.6 Å². The van der Waals surface area contributed by atoms with Crippen LogP contribution in [0.1, 0.15) is 38.2 Å². The summed E-state index contributed by atoms with van der Waals surface area (Å²) in [6.07, 6.45) is 10.5. The Morgan fingerprint density at radius 3 is 2.83 bits per heavy atom. The van der Waals surface area contributed by atoms with Crippen molar-refractivity contribution in [3.8, 4) is 5.82 Å². The monoisotopic (exact) mass is 326 g/mol. The number of rotatable bonds is 4. The first-order valence-electron chi connectivity index (χ1n) is 8.66. The molecule has 0 unspecified atom stereocenters. The molecule has 1 aliphatic rings. The second-order valence-electron chi connectivity index (χ2n) is 6.50. The van der Waals surface area contributed by atoms with Crippen LogP contribution in [0.5, 0.6) is 0 Å². The maximum atomic E-state index is 4.36. The Kier molecular flexibility index (Phi) is 5.46. The van der Waals surface area contributed by atoms with Gasteiger partial charge in [-0.05, 0) is 55.4 Å². The second-order valence-corrected chi connectivity index (χ2v) is 6.50. The summed E-state index contributed by atoms with van der Waals surface area (Å²) in [5.41, 5.74) is 1.15. The van der Waals surface area contributed by atoms with E-state index >= 15 is 0 Å². The fraction of sp³-hybridized carbons (Fsp3) is 0.500. The van der Waals surface area contributed by atoms with Gasteiger partial charge in [0.25, 0.3) is 0 Å². The number of nitrogens with one attached hydrogen (secondary N) is 2. The molecule has 1 fully saturated rings. The van der Waals surface area contributed by atoms with Gasteiger partial charge in [-0.15, -0.1) is 0 Å². The van der Waals surface area contributed by atoms with E-state index in [2.05, 4.69) is 32.6 Å². The van der Waals surface area contributed by atoms with Crippen molar-refractivity contribution >= 4 is 5.96 Å². The van der Waals surface area contributed by atoms with Crippen LogP contribution >= 0.6 is 0 Å². The lowest BCUT2D eigenvalue weighted by atomic mass is 9.87. The molecule has 2 heterocycles. The molecular formula is C18H26N6. The molecule has 2 N–H and O–H groups in total. The van der Waals surface area contributed by atoms with Crippen LogP contribution in [0.25, 0.3) is 5.82 Å². The van der Waals surface area contributed by atoms with Gasteiger partial charge in [0, 0.05) is 38.2 Å². The van der Waals surface area contributed by atoms with E-state index in [1.807, 2.05) is 37.6 Å². The van der Waals surface area contributed by atoms with E-state index in [1.54, 1.807) is 10.9 Å². The maximum Gasteiger partial charge on any atom is 0.191 e. The van der Waals surface area contributed by atoms with Crippen molar-refractivity contribution in [2.75, 3.05) is 7.05 Å². The third kappa shape index (κ3) is 4.34. The van der Waals surface area contributed by atoms with Gasteiger partial charge in [0.2, 0.25) is 0 Å². The van der Waals surface area contributed by atoms with E-state index in [-0.39, 0.29) is 0 Å². The molecule has 0 aliphatic heterocycles. The number of aromatic nitrogens is 3. The molecule has 6 nitrogen and oxygen atoms in total. The van der Waals surface area contributed by atoms with Crippen molar-refractivity contribution in [2.24, 2.45) is 10.9 Å². The number of aliphatic imine (C=N–C) groups is 1. The third-order valence-electron chi connectivity index (χ3n) is 4.59. The molecule has 128 valence electrons. The number of pyridine rings is 1. The summed E-state index contributed by atoms with van der Waals surface area (Å²) < 4.78 is 1.76. The SMILES string of the molecule is CN=C(NCc1ccnc(-n2cccn2)c1)NC1CCC(C)CC1. The highest BCUT2D eigenvalue weighted by Crippen LogP contribution is 2.23. The van der Waals surface area contributed by atoms with E-state index in [9.17, 15) is 0 Å². The summed E-state index contributed by atoms with van der Waals surface area (Å²) in [5.74, 6) is 2.55. The molecule has 0 aromatic carbocycles. The molecule has 0 saturated heterocycles. The van der Waals surface area contributed by atoms with Crippen molar-refractivity contribution in [1.29, 1.82) is 0 Å². The first-order chi connectivity index (χ1) is 11.7. The maximum absolute atomic E-state index is 4.36. The highest BCUT2D eigenvalue weighted by atomic mass is 15.3. The van der Waals surface area contributed by atoms with Gasteiger partial charge in [0.15, 0.2) is 11.8 Å². The zero-order chi connectivity index (χ0) is 16.8. The number of hydrogen-bond acceptors (Lipinski definition) is 3. The van der Waals surface area contributed by atoms with Crippen molar-refractivity contribution < 1.29 is 0 Å². The smallest absolute Gasteiger partial charge is 0.191 e. The molecule has 24 heavy (non-hydrogen) atoms. The van der Waals surface area contributed by atoms with Crippen molar-refractivity contribution in [2.45, 2.75) is 45.2 Å². The van der Waals surface area contributed by atoms with Gasteiger partial charge in [-0.3, -0.25) is 4.99 Å². The van der Waals surface area contributed by atoms with Gasteiger partial charge in [-0.2, -0.15) is 5.10 Å². The zero-order valence-corrected chi connectivity index (χ0v) is 14.4. The standard InChI is InChI=1S/C18H26N6/c1-14-4-6-16(7-5-14)23-18(19-2)21-13-15-8-10-20-17(12-15)24-11-3-9-22-24/h3,8-12,14,16H,4-7,13H2,1-2H3,(H2,19,21,23). The zero-order valence-electron chi connectivity index (χ0n) is 14.4.